The zero-order valence-corrected chi connectivity index (χ0v) is 13.4. The maximum Gasteiger partial charge on any atom is 0.275 e. The van der Waals surface area contributed by atoms with Crippen molar-refractivity contribution in [3.05, 3.63) is 35.9 Å². The van der Waals surface area contributed by atoms with E-state index in [9.17, 15) is 9.59 Å². The van der Waals surface area contributed by atoms with Gasteiger partial charge in [0.15, 0.2) is 13.1 Å². The zero-order valence-electron chi connectivity index (χ0n) is 13.4. The maximum absolute atomic E-state index is 11.9. The summed E-state index contributed by atoms with van der Waals surface area (Å²) in [4.78, 5) is 24.5. The predicted octanol–water partition coefficient (Wildman–Crippen LogP) is -0.300. The highest BCUT2D eigenvalue weighted by Gasteiger charge is 2.24. The molecule has 1 unspecified atom stereocenters. The molecule has 1 aromatic rings. The van der Waals surface area contributed by atoms with Gasteiger partial charge in [-0.2, -0.15) is 0 Å². The van der Waals surface area contributed by atoms with Gasteiger partial charge in [-0.05, 0) is 24.3 Å². The number of quaternary nitrogens is 1. The second-order valence-corrected chi connectivity index (χ2v) is 6.27. The van der Waals surface area contributed by atoms with E-state index in [1.54, 1.807) is 0 Å². The summed E-state index contributed by atoms with van der Waals surface area (Å²) in [6, 6.07) is 10.5. The average Bonchev–Trinajstić information content (AvgIpc) is 3.29. The largest absolute Gasteiger partial charge is 0.351 e. The highest BCUT2D eigenvalue weighted by Crippen LogP contribution is 2.18. The van der Waals surface area contributed by atoms with Crippen molar-refractivity contribution in [2.24, 2.45) is 0 Å². The van der Waals surface area contributed by atoms with Crippen LogP contribution in [-0.4, -0.2) is 44.5 Å². The van der Waals surface area contributed by atoms with Gasteiger partial charge in [0.25, 0.3) is 11.8 Å². The summed E-state index contributed by atoms with van der Waals surface area (Å²) in [5, 5.41) is 5.88. The molecule has 2 rings (SSSR count). The molecule has 1 saturated carbocycles. The van der Waals surface area contributed by atoms with Gasteiger partial charge in [-0.25, -0.2) is 0 Å². The number of nitrogens with one attached hydrogen (secondary N) is 3. The van der Waals surface area contributed by atoms with E-state index in [0.717, 1.165) is 17.7 Å². The summed E-state index contributed by atoms with van der Waals surface area (Å²) in [5.74, 6) is 0.300. The number of hydrogen-bond donors (Lipinski definition) is 3. The topological polar surface area (TPSA) is 62.6 Å². The molecule has 5 nitrogen and oxygen atoms in total. The van der Waals surface area contributed by atoms with E-state index in [2.05, 4.69) is 29.7 Å². The third kappa shape index (κ3) is 5.85. The molecule has 0 bridgehead atoms. The molecule has 0 spiro atoms. The predicted molar refractivity (Wildman–Crippen MR) is 85.7 cm³/mol. The van der Waals surface area contributed by atoms with Gasteiger partial charge in [0, 0.05) is 12.6 Å². The van der Waals surface area contributed by atoms with E-state index >= 15 is 0 Å². The Kier molecular flexibility index (Phi) is 5.95. The van der Waals surface area contributed by atoms with Crippen LogP contribution in [0.25, 0.3) is 0 Å². The zero-order chi connectivity index (χ0) is 15.9. The molecule has 0 radical (unpaired) electrons. The van der Waals surface area contributed by atoms with Crippen LogP contribution in [0.3, 0.4) is 0 Å². The first kappa shape index (κ1) is 16.5. The number of carbonyl (C=O) groups is 2. The van der Waals surface area contributed by atoms with Crippen LogP contribution in [0.1, 0.15) is 31.2 Å². The lowest BCUT2D eigenvalue weighted by Crippen LogP contribution is -3.11. The first-order chi connectivity index (χ1) is 10.5. The Morgan fingerprint density at radius 3 is 2.45 bits per heavy atom. The number of likely N-dealkylation sites (N-methyl/N-ethyl adjacent to an activating group) is 1. The van der Waals surface area contributed by atoms with Crippen molar-refractivity contribution >= 4 is 11.8 Å². The summed E-state index contributed by atoms with van der Waals surface area (Å²) in [5.41, 5.74) is 1.22. The van der Waals surface area contributed by atoms with E-state index in [0.29, 0.717) is 25.7 Å². The fourth-order valence-corrected chi connectivity index (χ4v) is 2.35. The van der Waals surface area contributed by atoms with Crippen molar-refractivity contribution < 1.29 is 14.5 Å². The van der Waals surface area contributed by atoms with E-state index < -0.39 is 0 Å². The Balaban J connectivity index is 1.65. The van der Waals surface area contributed by atoms with Crippen LogP contribution in [0.15, 0.2) is 30.3 Å². The molecule has 120 valence electrons. The Labute approximate surface area is 132 Å². The molecule has 1 aliphatic carbocycles. The smallest absolute Gasteiger partial charge is 0.275 e. The minimum Gasteiger partial charge on any atom is -0.351 e. The third-order valence-electron chi connectivity index (χ3n) is 3.84. The van der Waals surface area contributed by atoms with Gasteiger partial charge in [-0.3, -0.25) is 9.59 Å². The minimum absolute atomic E-state index is 0.0143. The summed E-state index contributed by atoms with van der Waals surface area (Å²) in [6.45, 7) is 3.37. The summed E-state index contributed by atoms with van der Waals surface area (Å²) < 4.78 is 0. The summed E-state index contributed by atoms with van der Waals surface area (Å²) in [7, 11) is 1.87. The van der Waals surface area contributed by atoms with Gasteiger partial charge in [0.2, 0.25) is 0 Å². The van der Waals surface area contributed by atoms with Crippen molar-refractivity contribution in [3.8, 4) is 0 Å². The van der Waals surface area contributed by atoms with E-state index in [1.807, 2.05) is 25.2 Å². The van der Waals surface area contributed by atoms with Crippen LogP contribution in [0.5, 0.6) is 0 Å². The van der Waals surface area contributed by atoms with Crippen molar-refractivity contribution in [2.75, 3.05) is 26.7 Å². The molecule has 3 N–H and O–H groups in total. The monoisotopic (exact) mass is 304 g/mol. The molecular weight excluding hydrogens is 278 g/mol. The van der Waals surface area contributed by atoms with Gasteiger partial charge in [0.05, 0.1) is 7.05 Å². The number of amides is 2. The van der Waals surface area contributed by atoms with Crippen molar-refractivity contribution in [3.63, 3.8) is 0 Å². The first-order valence-electron chi connectivity index (χ1n) is 7.97. The van der Waals surface area contributed by atoms with Crippen LogP contribution in [0.4, 0.5) is 0 Å². The SMILES string of the molecule is C[C@@H](CNC(=O)C[NH+](C)CC(=O)NC1CC1)c1ccccc1. The van der Waals surface area contributed by atoms with Crippen molar-refractivity contribution in [1.82, 2.24) is 10.6 Å². The van der Waals surface area contributed by atoms with Crippen LogP contribution in [-0.2, 0) is 9.59 Å². The second-order valence-electron chi connectivity index (χ2n) is 6.27. The van der Waals surface area contributed by atoms with Gasteiger partial charge in [0.1, 0.15) is 0 Å². The molecule has 1 aromatic carbocycles. The van der Waals surface area contributed by atoms with Crippen LogP contribution >= 0.6 is 0 Å². The quantitative estimate of drug-likeness (QED) is 0.617. The maximum atomic E-state index is 11.9. The van der Waals surface area contributed by atoms with Crippen LogP contribution in [0.2, 0.25) is 0 Å². The average molecular weight is 304 g/mol. The molecule has 1 aliphatic rings. The Bertz CT molecular complexity index is 500. The normalized spacial score (nSPS) is 16.6. The Hall–Kier alpha value is -1.88. The summed E-state index contributed by atoms with van der Waals surface area (Å²) >= 11 is 0. The molecule has 0 aliphatic heterocycles. The molecule has 0 aromatic heterocycles. The van der Waals surface area contributed by atoms with Crippen LogP contribution < -0.4 is 15.5 Å². The first-order valence-corrected chi connectivity index (χ1v) is 7.97. The molecular formula is C17H26N3O2+. The van der Waals surface area contributed by atoms with Gasteiger partial charge < -0.3 is 15.5 Å². The minimum atomic E-state index is -0.0143. The fourth-order valence-electron chi connectivity index (χ4n) is 2.35. The van der Waals surface area contributed by atoms with Gasteiger partial charge in [-0.15, -0.1) is 0 Å². The van der Waals surface area contributed by atoms with Gasteiger partial charge in [-0.1, -0.05) is 37.3 Å². The van der Waals surface area contributed by atoms with E-state index in [-0.39, 0.29) is 17.7 Å². The lowest BCUT2D eigenvalue weighted by molar-refractivity contribution is -0.862. The summed E-state index contributed by atoms with van der Waals surface area (Å²) in [6.07, 6.45) is 2.17. The molecule has 5 heteroatoms. The van der Waals surface area contributed by atoms with Crippen LogP contribution in [0, 0.1) is 0 Å². The van der Waals surface area contributed by atoms with E-state index in [4.69, 9.17) is 0 Å². The number of rotatable bonds is 8. The Morgan fingerprint density at radius 1 is 1.18 bits per heavy atom. The van der Waals surface area contributed by atoms with Crippen molar-refractivity contribution in [2.45, 2.75) is 31.7 Å². The number of hydrogen-bond acceptors (Lipinski definition) is 2. The molecule has 0 heterocycles. The molecule has 1 fully saturated rings. The molecule has 2 atom stereocenters. The fraction of sp³-hybridized carbons (Fsp3) is 0.529. The molecule has 0 saturated heterocycles. The third-order valence-corrected chi connectivity index (χ3v) is 3.84. The van der Waals surface area contributed by atoms with Crippen molar-refractivity contribution in [1.29, 1.82) is 0 Å². The standard InChI is InChI=1S/C17H25N3O2/c1-13(14-6-4-3-5-7-14)10-18-16(21)11-20(2)12-17(22)19-15-8-9-15/h3-7,13,15H,8-12H2,1-2H3,(H,18,21)(H,19,22)/p+1/t13-/m0/s1. The lowest BCUT2D eigenvalue weighted by Gasteiger charge is -2.16. The highest BCUT2D eigenvalue weighted by atomic mass is 16.2. The van der Waals surface area contributed by atoms with Gasteiger partial charge >= 0.3 is 0 Å². The van der Waals surface area contributed by atoms with E-state index in [1.165, 1.54) is 5.56 Å². The highest BCUT2D eigenvalue weighted by molar-refractivity contribution is 5.79. The Morgan fingerprint density at radius 2 is 1.82 bits per heavy atom. The second kappa shape index (κ2) is 7.94. The molecule has 2 amide bonds. The number of benzene rings is 1. The number of carbonyl (C=O) groups excluding carboxylic acids is 2. The molecule has 22 heavy (non-hydrogen) atoms. The lowest BCUT2D eigenvalue weighted by atomic mass is 10.0.